The number of piperidine rings is 1. The number of benzene rings is 2. The highest BCUT2D eigenvalue weighted by Gasteiger charge is 2.45. The molecule has 1 unspecified atom stereocenters. The third-order valence-corrected chi connectivity index (χ3v) is 11.7. The van der Waals surface area contributed by atoms with Crippen molar-refractivity contribution in [3.05, 3.63) is 82.9 Å². The molecular weight excluding hydrogens is 762 g/mol. The van der Waals surface area contributed by atoms with Gasteiger partial charge in [0, 0.05) is 62.3 Å². The zero-order chi connectivity index (χ0) is 40.8. The van der Waals surface area contributed by atoms with Crippen LogP contribution in [0.1, 0.15) is 88.7 Å². The maximum absolute atomic E-state index is 15.4. The van der Waals surface area contributed by atoms with E-state index in [4.69, 9.17) is 4.52 Å². The molecule has 3 aliphatic heterocycles. The lowest BCUT2D eigenvalue weighted by Crippen LogP contribution is -2.54. The lowest BCUT2D eigenvalue weighted by Gasteiger charge is -2.36. The second-order valence-corrected chi connectivity index (χ2v) is 15.5. The van der Waals surface area contributed by atoms with Crippen molar-refractivity contribution in [2.45, 2.75) is 70.3 Å². The number of carbonyl (C=O) groups is 5. The number of fused-ring (bicyclic) bond motifs is 2. The van der Waals surface area contributed by atoms with E-state index in [-0.39, 0.29) is 35.7 Å². The molecule has 5 aromatic rings. The van der Waals surface area contributed by atoms with Gasteiger partial charge in [-0.2, -0.15) is 10.1 Å². The number of nitrogens with one attached hydrogen (secondary N) is 3. The number of halogens is 1. The molecule has 3 fully saturated rings. The van der Waals surface area contributed by atoms with Crippen molar-refractivity contribution < 1.29 is 32.9 Å². The van der Waals surface area contributed by atoms with Gasteiger partial charge in [-0.15, -0.1) is 0 Å². The monoisotopic (exact) mass is 803 g/mol. The molecule has 0 bridgehead atoms. The van der Waals surface area contributed by atoms with Crippen LogP contribution in [0.2, 0.25) is 0 Å². The number of piperazine rings is 1. The van der Waals surface area contributed by atoms with E-state index in [9.17, 15) is 24.0 Å². The number of rotatable bonds is 10. The summed E-state index contributed by atoms with van der Waals surface area (Å²) in [4.78, 5) is 77.6. The van der Waals surface area contributed by atoms with Crippen LogP contribution < -0.4 is 20.9 Å². The Morgan fingerprint density at radius 3 is 2.49 bits per heavy atom. The third kappa shape index (κ3) is 7.39. The fourth-order valence-electron chi connectivity index (χ4n) is 8.71. The highest BCUT2D eigenvalue weighted by molar-refractivity contribution is 6.23. The van der Waals surface area contributed by atoms with Gasteiger partial charge in [-0.05, 0) is 75.0 Å². The van der Waals surface area contributed by atoms with Gasteiger partial charge in [0.05, 0.1) is 40.6 Å². The van der Waals surface area contributed by atoms with Crippen molar-refractivity contribution in [1.82, 2.24) is 39.9 Å². The molecule has 1 saturated carbocycles. The topological polar surface area (TPSA) is 200 Å². The summed E-state index contributed by atoms with van der Waals surface area (Å²) in [6.45, 7) is 4.98. The highest BCUT2D eigenvalue weighted by Crippen LogP contribution is 2.38. The number of aromatic nitrogens is 5. The molecule has 6 heterocycles. The molecule has 0 spiro atoms. The van der Waals surface area contributed by atoms with Gasteiger partial charge in [-0.3, -0.25) is 34.3 Å². The van der Waals surface area contributed by atoms with E-state index >= 15 is 4.39 Å². The Morgan fingerprint density at radius 1 is 0.949 bits per heavy atom. The molecule has 4 aliphatic rings. The van der Waals surface area contributed by atoms with Crippen LogP contribution in [-0.4, -0.2) is 103 Å². The van der Waals surface area contributed by atoms with Gasteiger partial charge in [0.25, 0.3) is 11.8 Å². The first-order valence-corrected chi connectivity index (χ1v) is 20.0. The van der Waals surface area contributed by atoms with Crippen LogP contribution >= 0.6 is 0 Å². The van der Waals surface area contributed by atoms with Crippen LogP contribution in [0.15, 0.2) is 53.3 Å². The molecule has 1 aliphatic carbocycles. The van der Waals surface area contributed by atoms with Crippen LogP contribution in [0.4, 0.5) is 26.2 Å². The van der Waals surface area contributed by atoms with E-state index in [0.29, 0.717) is 61.6 Å². The van der Waals surface area contributed by atoms with Crippen LogP contribution in [0.25, 0.3) is 17.0 Å². The number of hydrogen-bond acceptors (Lipinski definition) is 12. The van der Waals surface area contributed by atoms with Gasteiger partial charge in [-0.1, -0.05) is 18.0 Å². The van der Waals surface area contributed by atoms with E-state index < -0.39 is 35.5 Å². The molecule has 304 valence electrons. The summed E-state index contributed by atoms with van der Waals surface area (Å²) >= 11 is 0. The number of hydrogen-bond donors (Lipinski definition) is 3. The fourth-order valence-corrected chi connectivity index (χ4v) is 8.71. The molecule has 17 nitrogen and oxygen atoms in total. The van der Waals surface area contributed by atoms with Gasteiger partial charge < -0.3 is 20.1 Å². The third-order valence-electron chi connectivity index (χ3n) is 11.7. The zero-order valence-corrected chi connectivity index (χ0v) is 32.4. The Morgan fingerprint density at radius 2 is 1.73 bits per heavy atom. The Labute approximate surface area is 337 Å². The van der Waals surface area contributed by atoms with E-state index in [1.165, 1.54) is 6.07 Å². The standard InChI is InChI=1S/C41H42FN11O6/c1-23-19-25(45-41(58)46-30-22-43-33-12-13-44-53(33)36(30)24-5-2-3-6-24)8-9-26(23)37-48-35(59-49-37)7-4-14-50-15-17-51(18-16-50)32-21-28-27(20-29(32)42)39(56)52(40(28)57)31-10-11-34(54)47-38(31)55/h8-9,12-13,19-22,24,31H,2-7,10-11,14-18H2,1H3,(H2,45,46,58)(H,47,54,55). The Balaban J connectivity index is 0.761. The Hall–Kier alpha value is -6.56. The fraction of sp³-hybridized carbons (Fsp3) is 0.390. The molecule has 59 heavy (non-hydrogen) atoms. The van der Waals surface area contributed by atoms with Crippen molar-refractivity contribution in [3.63, 3.8) is 0 Å². The number of anilines is 3. The first-order chi connectivity index (χ1) is 28.6. The Bertz CT molecular complexity index is 2500. The normalized spacial score (nSPS) is 18.8. The minimum Gasteiger partial charge on any atom is -0.367 e. The number of imide groups is 2. The number of carbonyl (C=O) groups excluding carboxylic acids is 5. The molecule has 1 atom stereocenters. The van der Waals surface area contributed by atoms with Crippen molar-refractivity contribution >= 4 is 52.4 Å². The van der Waals surface area contributed by atoms with Crippen molar-refractivity contribution in [2.75, 3.05) is 48.3 Å². The number of urea groups is 1. The van der Waals surface area contributed by atoms with Gasteiger partial charge in [0.1, 0.15) is 11.9 Å². The van der Waals surface area contributed by atoms with E-state index in [2.05, 4.69) is 41.1 Å². The SMILES string of the molecule is Cc1cc(NC(=O)Nc2cnc3ccnn3c2C2CCCC2)ccc1-c1noc(CCCN2CCN(c3cc4c(cc3F)C(=O)N(C3CCC(=O)NC3=O)C4=O)CC2)n1. The molecule has 2 aromatic carbocycles. The summed E-state index contributed by atoms with van der Waals surface area (Å²) < 4.78 is 22.8. The van der Waals surface area contributed by atoms with Gasteiger partial charge in [0.15, 0.2) is 5.65 Å². The molecule has 18 heteroatoms. The summed E-state index contributed by atoms with van der Waals surface area (Å²) in [5.74, 6) is -1.93. The summed E-state index contributed by atoms with van der Waals surface area (Å²) in [5.41, 5.74) is 4.82. The molecular formula is C41H42FN11O6. The van der Waals surface area contributed by atoms with Gasteiger partial charge in [0.2, 0.25) is 23.5 Å². The van der Waals surface area contributed by atoms with E-state index in [0.717, 1.165) is 72.1 Å². The largest absolute Gasteiger partial charge is 0.367 e. The smallest absolute Gasteiger partial charge is 0.323 e. The van der Waals surface area contributed by atoms with Crippen molar-refractivity contribution in [3.8, 4) is 11.4 Å². The van der Waals surface area contributed by atoms with Crippen molar-refractivity contribution in [1.29, 1.82) is 0 Å². The molecule has 2 saturated heterocycles. The number of nitrogens with zero attached hydrogens (tertiary/aromatic N) is 8. The predicted molar refractivity (Wildman–Crippen MR) is 211 cm³/mol. The maximum Gasteiger partial charge on any atom is 0.323 e. The highest BCUT2D eigenvalue weighted by atomic mass is 19.1. The second-order valence-electron chi connectivity index (χ2n) is 15.5. The maximum atomic E-state index is 15.4. The minimum atomic E-state index is -1.11. The molecule has 3 N–H and O–H groups in total. The Kier molecular flexibility index (Phi) is 10.1. The van der Waals surface area contributed by atoms with Crippen LogP contribution in [0, 0.1) is 12.7 Å². The lowest BCUT2D eigenvalue weighted by atomic mass is 10.0. The first kappa shape index (κ1) is 38.0. The van der Waals surface area contributed by atoms with Crippen molar-refractivity contribution in [2.24, 2.45) is 0 Å². The van der Waals surface area contributed by atoms with Gasteiger partial charge in [-0.25, -0.2) is 18.7 Å². The number of amides is 6. The zero-order valence-electron chi connectivity index (χ0n) is 32.4. The number of aryl methyl sites for hydroxylation is 2. The van der Waals surface area contributed by atoms with Crippen LogP contribution in [0.3, 0.4) is 0 Å². The lowest BCUT2D eigenvalue weighted by molar-refractivity contribution is -0.136. The average Bonchev–Trinajstić information content (AvgIpc) is 4.05. The summed E-state index contributed by atoms with van der Waals surface area (Å²) in [6.07, 6.45) is 9.15. The quantitative estimate of drug-likeness (QED) is 0.165. The minimum absolute atomic E-state index is 0.00635. The average molecular weight is 804 g/mol. The van der Waals surface area contributed by atoms with Crippen LogP contribution in [0.5, 0.6) is 0 Å². The molecule has 3 aromatic heterocycles. The molecule has 0 radical (unpaired) electrons. The molecule has 6 amide bonds. The first-order valence-electron chi connectivity index (χ1n) is 20.0. The van der Waals surface area contributed by atoms with Crippen LogP contribution in [-0.2, 0) is 16.0 Å². The van der Waals surface area contributed by atoms with E-state index in [1.807, 2.05) is 34.5 Å². The summed E-state index contributed by atoms with van der Waals surface area (Å²) in [7, 11) is 0. The summed E-state index contributed by atoms with van der Waals surface area (Å²) in [6, 6.07) is 8.35. The summed E-state index contributed by atoms with van der Waals surface area (Å²) in [5, 5.41) is 16.8. The predicted octanol–water partition coefficient (Wildman–Crippen LogP) is 4.68. The molecule has 9 rings (SSSR count). The van der Waals surface area contributed by atoms with E-state index in [1.54, 1.807) is 18.5 Å². The second kappa shape index (κ2) is 15.7. The van der Waals surface area contributed by atoms with Gasteiger partial charge >= 0.3 is 6.03 Å².